The van der Waals surface area contributed by atoms with Crippen LogP contribution in [0.1, 0.15) is 77.2 Å². The van der Waals surface area contributed by atoms with Crippen molar-refractivity contribution in [2.45, 2.75) is 110 Å². The van der Waals surface area contributed by atoms with Crippen LogP contribution in [-0.4, -0.2) is 149 Å². The van der Waals surface area contributed by atoms with Gasteiger partial charge in [-0.05, 0) is 74.4 Å². The van der Waals surface area contributed by atoms with Gasteiger partial charge in [-0.2, -0.15) is 0 Å². The minimum absolute atomic E-state index is 0.0154. The lowest BCUT2D eigenvalue weighted by Crippen LogP contribution is -2.53. The Hall–Kier alpha value is -4.62. The van der Waals surface area contributed by atoms with Gasteiger partial charge in [-0.1, -0.05) is 68.8 Å². The molecule has 0 aliphatic carbocycles. The van der Waals surface area contributed by atoms with E-state index in [1.165, 1.54) is 25.7 Å². The molecule has 0 aromatic heterocycles. The van der Waals surface area contributed by atoms with Crippen molar-refractivity contribution in [1.29, 1.82) is 0 Å². The lowest BCUT2D eigenvalue weighted by molar-refractivity contribution is -0.179. The molecule has 2 amide bonds. The summed E-state index contributed by atoms with van der Waals surface area (Å²) >= 11 is 6.38. The molecule has 2 aromatic carbocycles. The van der Waals surface area contributed by atoms with Crippen molar-refractivity contribution < 1.29 is 62.2 Å². The summed E-state index contributed by atoms with van der Waals surface area (Å²) in [6, 6.07) is 12.8. The van der Waals surface area contributed by atoms with E-state index in [2.05, 4.69) is 45.1 Å². The van der Waals surface area contributed by atoms with Crippen molar-refractivity contribution in [1.82, 2.24) is 20.9 Å². The van der Waals surface area contributed by atoms with Crippen molar-refractivity contribution >= 4 is 41.3 Å². The molecule has 4 N–H and O–H groups in total. The zero-order valence-electron chi connectivity index (χ0n) is 40.5. The summed E-state index contributed by atoms with van der Waals surface area (Å²) < 4.78 is 40.1. The number of cyclic esters (lactones) is 2. The number of carbonyl (C=O) groups is 5. The van der Waals surface area contributed by atoms with Gasteiger partial charge in [-0.25, -0.2) is 9.59 Å². The summed E-state index contributed by atoms with van der Waals surface area (Å²) in [6.07, 6.45) is 0.936. The fourth-order valence-electron chi connectivity index (χ4n) is 8.10. The number of nitrogens with zero attached hydrogens (tertiary/aromatic N) is 1. The lowest BCUT2D eigenvalue weighted by atomic mass is 9.92. The number of ether oxygens (including phenoxy) is 7. The Morgan fingerprint density at radius 1 is 0.941 bits per heavy atom. The predicted molar refractivity (Wildman–Crippen MR) is 253 cm³/mol. The smallest absolute Gasteiger partial charge is 0.347 e. The molecule has 0 spiro atoms. The number of amides is 2. The number of halogens is 1. The van der Waals surface area contributed by atoms with Gasteiger partial charge in [0.1, 0.15) is 24.0 Å². The number of piperazine rings is 1. The topological polar surface area (TPSA) is 213 Å². The molecular weight excluding hydrogens is 900 g/mol. The molecule has 376 valence electrons. The molecule has 0 radical (unpaired) electrons. The summed E-state index contributed by atoms with van der Waals surface area (Å²) in [5.74, 6) is -3.27. The van der Waals surface area contributed by atoms with Crippen LogP contribution < -0.4 is 20.7 Å². The number of carbonyl (C=O) groups excluding carboxylic acids is 4. The SMILES string of the molecule is COc1ccc(C[C@H]2NC(=O)/C=C/C[C@@H]([C@H](C)[C@H]3O[C@@H]3c3ccc(CC4CNCCN4CCOCCOCCOC(C)C(=O)O)cc3)OC(=O)[C@H](CC(C)C)OC(=O)C(C)(C)CNC2=O)cc1Cl. The maximum absolute atomic E-state index is 13.9. The third kappa shape index (κ3) is 16.8. The molecule has 8 atom stereocenters. The van der Waals surface area contributed by atoms with Crippen molar-refractivity contribution in [2.75, 3.05) is 72.9 Å². The van der Waals surface area contributed by atoms with Gasteiger partial charge in [0.2, 0.25) is 11.8 Å². The van der Waals surface area contributed by atoms with Crippen LogP contribution in [0.3, 0.4) is 0 Å². The van der Waals surface area contributed by atoms with Gasteiger partial charge >= 0.3 is 17.9 Å². The Balaban J connectivity index is 1.21. The fraction of sp³-hybridized carbons (Fsp3) is 0.620. The second kappa shape index (κ2) is 26.4. The molecule has 17 nitrogen and oxygen atoms in total. The van der Waals surface area contributed by atoms with Crippen LogP contribution in [0.25, 0.3) is 0 Å². The van der Waals surface area contributed by atoms with Crippen LogP contribution in [0.15, 0.2) is 54.6 Å². The molecule has 2 fully saturated rings. The van der Waals surface area contributed by atoms with E-state index in [1.807, 2.05) is 20.8 Å². The van der Waals surface area contributed by atoms with Crippen LogP contribution in [0.4, 0.5) is 0 Å². The molecule has 18 heteroatoms. The largest absolute Gasteiger partial charge is 0.495 e. The number of esters is 2. The second-order valence-electron chi connectivity index (χ2n) is 18.8. The van der Waals surface area contributed by atoms with Gasteiger partial charge in [0.25, 0.3) is 0 Å². The number of benzene rings is 2. The number of hydrogen-bond donors (Lipinski definition) is 4. The lowest BCUT2D eigenvalue weighted by Gasteiger charge is -2.36. The van der Waals surface area contributed by atoms with Crippen LogP contribution >= 0.6 is 11.6 Å². The summed E-state index contributed by atoms with van der Waals surface area (Å²) in [6.45, 7) is 15.7. The first-order valence-electron chi connectivity index (χ1n) is 23.6. The molecule has 2 unspecified atom stereocenters. The zero-order chi connectivity index (χ0) is 49.4. The van der Waals surface area contributed by atoms with Gasteiger partial charge < -0.3 is 54.2 Å². The first-order chi connectivity index (χ1) is 32.4. The first kappa shape index (κ1) is 54.3. The number of carboxylic acid groups (broad SMARTS) is 1. The van der Waals surface area contributed by atoms with Crippen LogP contribution in [0, 0.1) is 17.3 Å². The summed E-state index contributed by atoms with van der Waals surface area (Å²) in [5.41, 5.74) is 1.62. The molecular formula is C50H71ClN4O13. The van der Waals surface area contributed by atoms with Crippen molar-refractivity contribution in [2.24, 2.45) is 17.3 Å². The minimum atomic E-state index is -1.24. The van der Waals surface area contributed by atoms with Crippen LogP contribution in [0.5, 0.6) is 5.75 Å². The van der Waals surface area contributed by atoms with E-state index in [1.54, 1.807) is 38.1 Å². The maximum Gasteiger partial charge on any atom is 0.347 e. The summed E-state index contributed by atoms with van der Waals surface area (Å²) in [5, 5.41) is 18.3. The molecule has 0 bridgehead atoms. The summed E-state index contributed by atoms with van der Waals surface area (Å²) in [4.78, 5) is 67.9. The Labute approximate surface area is 405 Å². The van der Waals surface area contributed by atoms with E-state index >= 15 is 0 Å². The monoisotopic (exact) mass is 970 g/mol. The molecule has 2 saturated heterocycles. The highest BCUT2D eigenvalue weighted by Gasteiger charge is 2.48. The molecule has 3 aliphatic heterocycles. The number of nitrogens with one attached hydrogen (secondary N) is 3. The quantitative estimate of drug-likeness (QED) is 0.0773. The molecule has 68 heavy (non-hydrogen) atoms. The zero-order valence-corrected chi connectivity index (χ0v) is 41.2. The van der Waals surface area contributed by atoms with E-state index in [0.29, 0.717) is 42.8 Å². The number of hydrogen-bond acceptors (Lipinski definition) is 14. The number of epoxide rings is 1. The number of aliphatic carboxylic acids is 1. The van der Waals surface area contributed by atoms with Gasteiger partial charge in [0.05, 0.1) is 56.7 Å². The molecule has 3 aliphatic rings. The number of methoxy groups -OCH3 is 1. The number of rotatable bonds is 21. The van der Waals surface area contributed by atoms with Crippen molar-refractivity contribution in [3.05, 3.63) is 76.3 Å². The standard InChI is InChI=1S/C50H71ClN4O13/c1-31(2)25-42-48(60)66-40(9-8-10-43(56)54-39(28-35-13-16-41(62-7)38(51)27-35)46(57)53-30-50(5,6)49(61)67-42)32(3)44-45(68-44)36-14-11-34(12-15-36)26-37-29-52-17-18-55(37)19-20-63-21-22-64-23-24-65-33(4)47(58)59/h8,10-16,27,31-33,37,39-40,42,44-45,52H,9,17-26,28-30H2,1-7H3,(H,53,57)(H,54,56)(H,58,59)/b10-8+/t32-,33?,37?,39+,40-,42-,44+,45+/m0/s1. The molecule has 0 saturated carbocycles. The summed E-state index contributed by atoms with van der Waals surface area (Å²) in [7, 11) is 1.50. The Kier molecular flexibility index (Phi) is 21.1. The van der Waals surface area contributed by atoms with Crippen LogP contribution in [-0.2, 0) is 65.2 Å². The molecule has 3 heterocycles. The van der Waals surface area contributed by atoms with Gasteiger partial charge in [-0.3, -0.25) is 19.3 Å². The average Bonchev–Trinajstić information content (AvgIpc) is 4.10. The number of carboxylic acids is 1. The van der Waals surface area contributed by atoms with Gasteiger partial charge in [0, 0.05) is 57.5 Å². The minimum Gasteiger partial charge on any atom is -0.495 e. The predicted octanol–water partition coefficient (Wildman–Crippen LogP) is 4.46. The highest BCUT2D eigenvalue weighted by Crippen LogP contribution is 2.45. The normalized spacial score (nSPS) is 25.4. The van der Waals surface area contributed by atoms with Crippen LogP contribution in [0.2, 0.25) is 5.02 Å². The van der Waals surface area contributed by atoms with Crippen molar-refractivity contribution in [3.8, 4) is 5.75 Å². The fourth-order valence-corrected chi connectivity index (χ4v) is 8.38. The van der Waals surface area contributed by atoms with Gasteiger partial charge in [0.15, 0.2) is 12.2 Å². The molecule has 5 rings (SSSR count). The van der Waals surface area contributed by atoms with E-state index in [-0.39, 0.29) is 62.5 Å². The first-order valence-corrected chi connectivity index (χ1v) is 24.0. The van der Waals surface area contributed by atoms with Gasteiger partial charge in [-0.15, -0.1) is 0 Å². The van der Waals surface area contributed by atoms with E-state index in [4.69, 9.17) is 49.9 Å². The highest BCUT2D eigenvalue weighted by atomic mass is 35.5. The highest BCUT2D eigenvalue weighted by molar-refractivity contribution is 6.32. The third-order valence-electron chi connectivity index (χ3n) is 12.4. The second-order valence-corrected chi connectivity index (χ2v) is 19.2. The Morgan fingerprint density at radius 2 is 1.65 bits per heavy atom. The van der Waals surface area contributed by atoms with E-state index in [0.717, 1.165) is 38.2 Å². The van der Waals surface area contributed by atoms with E-state index in [9.17, 15) is 24.0 Å². The Bertz CT molecular complexity index is 2020. The van der Waals surface area contributed by atoms with Crippen molar-refractivity contribution in [3.63, 3.8) is 0 Å². The maximum atomic E-state index is 13.9. The average molecular weight is 972 g/mol. The van der Waals surface area contributed by atoms with E-state index < -0.39 is 59.5 Å². The Morgan fingerprint density at radius 3 is 2.34 bits per heavy atom. The molecule has 2 aromatic rings. The third-order valence-corrected chi connectivity index (χ3v) is 12.7.